The van der Waals surface area contributed by atoms with E-state index < -0.39 is 14.9 Å². The van der Waals surface area contributed by atoms with E-state index in [0.717, 1.165) is 18.2 Å². The molecule has 0 unspecified atom stereocenters. The predicted molar refractivity (Wildman–Crippen MR) is 105 cm³/mol. The van der Waals surface area contributed by atoms with E-state index in [4.69, 9.17) is 0 Å². The van der Waals surface area contributed by atoms with Crippen LogP contribution in [0.15, 0.2) is 41.3 Å². The number of amides is 1. The van der Waals surface area contributed by atoms with E-state index in [0.29, 0.717) is 29.7 Å². The Morgan fingerprint density at radius 1 is 1.21 bits per heavy atom. The third-order valence-corrected chi connectivity index (χ3v) is 6.39. The number of non-ortho nitro benzene ring substituents is 1. The molecule has 0 aliphatic carbocycles. The highest BCUT2D eigenvalue weighted by Crippen LogP contribution is 2.26. The quantitative estimate of drug-likeness (QED) is 0.589. The highest BCUT2D eigenvalue weighted by atomic mass is 32.2. The molecule has 3 rings (SSSR count). The predicted octanol–water partition coefficient (Wildman–Crippen LogP) is 2.82. The molecule has 1 amide bonds. The molecule has 1 heterocycles. The van der Waals surface area contributed by atoms with E-state index in [1.807, 2.05) is 6.07 Å². The Bertz CT molecular complexity index is 1050. The Labute approximate surface area is 163 Å². The number of carbonyl (C=O) groups is 1. The number of anilines is 1. The topological polar surface area (TPSA) is 110 Å². The van der Waals surface area contributed by atoms with Gasteiger partial charge in [0.1, 0.15) is 0 Å². The van der Waals surface area contributed by atoms with Gasteiger partial charge in [-0.1, -0.05) is 12.1 Å². The lowest BCUT2D eigenvalue weighted by Crippen LogP contribution is -2.25. The first-order chi connectivity index (χ1) is 13.2. The van der Waals surface area contributed by atoms with Gasteiger partial charge in [0.2, 0.25) is 15.9 Å². The van der Waals surface area contributed by atoms with Gasteiger partial charge in [-0.15, -0.1) is 0 Å². The largest absolute Gasteiger partial charge is 0.312 e. The van der Waals surface area contributed by atoms with Crippen molar-refractivity contribution in [3.8, 4) is 0 Å². The molecule has 0 radical (unpaired) electrons. The van der Waals surface area contributed by atoms with E-state index >= 15 is 0 Å². The molecule has 9 heteroatoms. The van der Waals surface area contributed by atoms with Gasteiger partial charge in [-0.05, 0) is 49.1 Å². The summed E-state index contributed by atoms with van der Waals surface area (Å²) >= 11 is 0. The molecular weight excluding hydrogens is 382 g/mol. The molecule has 2 aromatic rings. The van der Waals surface area contributed by atoms with Crippen LogP contribution in [0.4, 0.5) is 11.4 Å². The van der Waals surface area contributed by atoms with E-state index in [2.05, 4.69) is 4.72 Å². The van der Waals surface area contributed by atoms with E-state index in [-0.39, 0.29) is 23.0 Å². The average molecular weight is 403 g/mol. The standard InChI is InChI=1S/C19H21N3O5S/c1-13-9-17(22(24)25)11-18(14(13)2)28(26,27)20-12-15-5-3-6-16(10-15)21-8-4-7-19(21)23/h3,5-6,9-11,20H,4,7-8,12H2,1-2H3. The number of sulfonamides is 1. The number of nitrogens with zero attached hydrogens (tertiary/aromatic N) is 2. The van der Waals surface area contributed by atoms with Crippen LogP contribution in [0.2, 0.25) is 0 Å². The van der Waals surface area contributed by atoms with Crippen molar-refractivity contribution in [1.82, 2.24) is 4.72 Å². The van der Waals surface area contributed by atoms with Crippen LogP contribution in [-0.4, -0.2) is 25.8 Å². The Morgan fingerprint density at radius 2 is 1.96 bits per heavy atom. The van der Waals surface area contributed by atoms with Crippen molar-refractivity contribution in [3.05, 3.63) is 63.2 Å². The molecular formula is C19H21N3O5S. The zero-order chi connectivity index (χ0) is 20.5. The summed E-state index contributed by atoms with van der Waals surface area (Å²) in [6.07, 6.45) is 1.32. The van der Waals surface area contributed by atoms with Crippen LogP contribution in [0.5, 0.6) is 0 Å². The van der Waals surface area contributed by atoms with Gasteiger partial charge in [0.05, 0.1) is 9.82 Å². The molecule has 2 aromatic carbocycles. The van der Waals surface area contributed by atoms with Crippen molar-refractivity contribution in [1.29, 1.82) is 0 Å². The monoisotopic (exact) mass is 403 g/mol. The Balaban J connectivity index is 1.83. The lowest BCUT2D eigenvalue weighted by atomic mass is 10.1. The van der Waals surface area contributed by atoms with Gasteiger partial charge in [0.25, 0.3) is 5.69 Å². The second-order valence-corrected chi connectivity index (χ2v) is 8.52. The SMILES string of the molecule is Cc1cc([N+](=O)[O-])cc(S(=O)(=O)NCc2cccc(N3CCCC3=O)c2)c1C. The molecule has 0 atom stereocenters. The maximum absolute atomic E-state index is 12.7. The fourth-order valence-electron chi connectivity index (χ4n) is 3.20. The number of rotatable bonds is 6. The van der Waals surface area contributed by atoms with Crippen molar-refractivity contribution >= 4 is 27.3 Å². The summed E-state index contributed by atoms with van der Waals surface area (Å²) in [4.78, 5) is 23.9. The summed E-state index contributed by atoms with van der Waals surface area (Å²) in [5, 5.41) is 11.1. The number of nitro benzene ring substituents is 1. The number of nitrogens with one attached hydrogen (secondary N) is 1. The van der Waals surface area contributed by atoms with E-state index in [9.17, 15) is 23.3 Å². The normalized spacial score (nSPS) is 14.5. The van der Waals surface area contributed by atoms with Crippen molar-refractivity contribution in [2.75, 3.05) is 11.4 Å². The lowest BCUT2D eigenvalue weighted by molar-refractivity contribution is -0.385. The summed E-state index contributed by atoms with van der Waals surface area (Å²) in [6.45, 7) is 3.92. The fraction of sp³-hybridized carbons (Fsp3) is 0.316. The van der Waals surface area contributed by atoms with Crippen LogP contribution in [0.3, 0.4) is 0 Å². The van der Waals surface area contributed by atoms with Crippen LogP contribution < -0.4 is 9.62 Å². The molecule has 1 aliphatic rings. The lowest BCUT2D eigenvalue weighted by Gasteiger charge is -2.17. The molecule has 1 saturated heterocycles. The second kappa shape index (κ2) is 7.69. The zero-order valence-corrected chi connectivity index (χ0v) is 16.5. The van der Waals surface area contributed by atoms with Crippen LogP contribution >= 0.6 is 0 Å². The Hall–Kier alpha value is -2.78. The maximum atomic E-state index is 12.7. The first-order valence-corrected chi connectivity index (χ1v) is 10.3. The van der Waals surface area contributed by atoms with Crippen molar-refractivity contribution in [2.24, 2.45) is 0 Å². The summed E-state index contributed by atoms with van der Waals surface area (Å²) in [5.41, 5.74) is 2.17. The molecule has 28 heavy (non-hydrogen) atoms. The highest BCUT2D eigenvalue weighted by molar-refractivity contribution is 7.89. The number of benzene rings is 2. The molecule has 0 spiro atoms. The zero-order valence-electron chi connectivity index (χ0n) is 15.6. The number of hydrogen-bond acceptors (Lipinski definition) is 5. The number of carbonyl (C=O) groups excluding carboxylic acids is 1. The molecule has 0 saturated carbocycles. The van der Waals surface area contributed by atoms with Gasteiger partial charge in [-0.2, -0.15) is 0 Å². The minimum absolute atomic E-state index is 0.0133. The summed E-state index contributed by atoms with van der Waals surface area (Å²) < 4.78 is 28.0. The van der Waals surface area contributed by atoms with Crippen LogP contribution in [0, 0.1) is 24.0 Å². The number of nitro groups is 1. The van der Waals surface area contributed by atoms with Crippen molar-refractivity contribution in [2.45, 2.75) is 38.1 Å². The van der Waals surface area contributed by atoms with Crippen LogP contribution in [0.1, 0.15) is 29.5 Å². The van der Waals surface area contributed by atoms with E-state index in [1.54, 1.807) is 36.9 Å². The number of aryl methyl sites for hydroxylation is 1. The third-order valence-electron chi connectivity index (χ3n) is 4.87. The molecule has 8 nitrogen and oxygen atoms in total. The maximum Gasteiger partial charge on any atom is 0.271 e. The summed E-state index contributed by atoms with van der Waals surface area (Å²) in [6, 6.07) is 9.55. The molecule has 0 aromatic heterocycles. The molecule has 0 bridgehead atoms. The third kappa shape index (κ3) is 4.05. The van der Waals surface area contributed by atoms with Gasteiger partial charge in [0.15, 0.2) is 0 Å². The van der Waals surface area contributed by atoms with Crippen molar-refractivity contribution < 1.29 is 18.1 Å². The molecule has 1 fully saturated rings. The van der Waals surface area contributed by atoms with Gasteiger partial charge >= 0.3 is 0 Å². The summed E-state index contributed by atoms with van der Waals surface area (Å²) in [5.74, 6) is 0.0559. The second-order valence-electron chi connectivity index (χ2n) is 6.79. The Morgan fingerprint density at radius 3 is 2.61 bits per heavy atom. The fourth-order valence-corrected chi connectivity index (χ4v) is 4.56. The van der Waals surface area contributed by atoms with Gasteiger partial charge in [-0.25, -0.2) is 13.1 Å². The van der Waals surface area contributed by atoms with Gasteiger partial charge in [0, 0.05) is 37.3 Å². The summed E-state index contributed by atoms with van der Waals surface area (Å²) in [7, 11) is -3.95. The average Bonchev–Trinajstić information content (AvgIpc) is 3.08. The first-order valence-electron chi connectivity index (χ1n) is 8.83. The van der Waals surface area contributed by atoms with Gasteiger partial charge < -0.3 is 4.90 Å². The Kier molecular flexibility index (Phi) is 5.48. The smallest absolute Gasteiger partial charge is 0.271 e. The van der Waals surface area contributed by atoms with Crippen LogP contribution in [0.25, 0.3) is 0 Å². The molecule has 1 aliphatic heterocycles. The van der Waals surface area contributed by atoms with Crippen LogP contribution in [-0.2, 0) is 21.4 Å². The van der Waals surface area contributed by atoms with E-state index in [1.165, 1.54) is 6.07 Å². The van der Waals surface area contributed by atoms with Crippen molar-refractivity contribution in [3.63, 3.8) is 0 Å². The molecule has 1 N–H and O–H groups in total. The van der Waals surface area contributed by atoms with Gasteiger partial charge in [-0.3, -0.25) is 14.9 Å². The molecule has 148 valence electrons. The minimum atomic E-state index is -3.95. The minimum Gasteiger partial charge on any atom is -0.312 e. The first kappa shape index (κ1) is 20.0. The highest BCUT2D eigenvalue weighted by Gasteiger charge is 2.23. The number of hydrogen-bond donors (Lipinski definition) is 1.